The molecule has 3 heterocycles. The van der Waals surface area contributed by atoms with Gasteiger partial charge in [-0.3, -0.25) is 19.4 Å². The van der Waals surface area contributed by atoms with Gasteiger partial charge in [0.1, 0.15) is 11.6 Å². The van der Waals surface area contributed by atoms with Crippen LogP contribution in [0.15, 0.2) is 23.0 Å². The quantitative estimate of drug-likeness (QED) is 0.725. The SMILES string of the molecule is O=C1C[C@@H](C(=O)Nc2ccc(F)c(Cl)c2)c2c(nc(N3CCCC3)[nH]c2=O)N1. The summed E-state index contributed by atoms with van der Waals surface area (Å²) in [5.74, 6) is -2.13. The third kappa shape index (κ3) is 3.45. The number of carbonyl (C=O) groups is 2. The number of rotatable bonds is 3. The molecule has 4 rings (SSSR count). The highest BCUT2D eigenvalue weighted by Crippen LogP contribution is 2.31. The van der Waals surface area contributed by atoms with Gasteiger partial charge in [-0.05, 0) is 31.0 Å². The van der Waals surface area contributed by atoms with E-state index in [0.29, 0.717) is 5.95 Å². The maximum atomic E-state index is 13.3. The van der Waals surface area contributed by atoms with Crippen molar-refractivity contribution in [1.82, 2.24) is 9.97 Å². The lowest BCUT2D eigenvalue weighted by Crippen LogP contribution is -2.37. The largest absolute Gasteiger partial charge is 0.342 e. The van der Waals surface area contributed by atoms with Crippen LogP contribution in [0.4, 0.5) is 21.8 Å². The van der Waals surface area contributed by atoms with Crippen LogP contribution in [-0.2, 0) is 9.59 Å². The third-order valence-electron chi connectivity index (χ3n) is 4.85. The van der Waals surface area contributed by atoms with Crippen molar-refractivity contribution < 1.29 is 14.0 Å². The van der Waals surface area contributed by atoms with E-state index in [1.807, 2.05) is 4.90 Å². The van der Waals surface area contributed by atoms with Gasteiger partial charge in [0.2, 0.25) is 17.8 Å². The molecule has 1 saturated heterocycles. The van der Waals surface area contributed by atoms with Crippen LogP contribution in [0.3, 0.4) is 0 Å². The first kappa shape index (κ1) is 18.4. The Balaban J connectivity index is 1.65. The highest BCUT2D eigenvalue weighted by molar-refractivity contribution is 6.31. The van der Waals surface area contributed by atoms with Crippen molar-refractivity contribution in [3.63, 3.8) is 0 Å². The van der Waals surface area contributed by atoms with Gasteiger partial charge >= 0.3 is 0 Å². The zero-order chi connectivity index (χ0) is 19.8. The van der Waals surface area contributed by atoms with Gasteiger partial charge in [-0.15, -0.1) is 0 Å². The van der Waals surface area contributed by atoms with Crippen LogP contribution in [0, 0.1) is 5.82 Å². The number of hydrogen-bond acceptors (Lipinski definition) is 5. The van der Waals surface area contributed by atoms with Crippen molar-refractivity contribution in [2.75, 3.05) is 28.6 Å². The Kier molecular flexibility index (Phi) is 4.76. The van der Waals surface area contributed by atoms with E-state index in [9.17, 15) is 18.8 Å². The minimum atomic E-state index is -1.02. The molecule has 2 aliphatic rings. The summed E-state index contributed by atoms with van der Waals surface area (Å²) in [6.07, 6.45) is 1.80. The number of H-pyrrole nitrogens is 1. The first-order valence-electron chi connectivity index (χ1n) is 8.87. The van der Waals surface area contributed by atoms with E-state index < -0.39 is 29.1 Å². The summed E-state index contributed by atoms with van der Waals surface area (Å²) < 4.78 is 13.3. The lowest BCUT2D eigenvalue weighted by Gasteiger charge is -2.25. The van der Waals surface area contributed by atoms with Crippen LogP contribution < -0.4 is 21.1 Å². The molecule has 10 heteroatoms. The molecule has 1 aromatic heterocycles. The maximum absolute atomic E-state index is 13.3. The van der Waals surface area contributed by atoms with Gasteiger partial charge in [-0.1, -0.05) is 11.6 Å². The second-order valence-electron chi connectivity index (χ2n) is 6.77. The van der Waals surface area contributed by atoms with E-state index in [-0.39, 0.29) is 28.5 Å². The fourth-order valence-corrected chi connectivity index (χ4v) is 3.65. The number of fused-ring (bicyclic) bond motifs is 1. The van der Waals surface area contributed by atoms with Gasteiger partial charge in [0.25, 0.3) is 5.56 Å². The number of nitrogens with zero attached hydrogens (tertiary/aromatic N) is 2. The standard InChI is InChI=1S/C18H17ClFN5O3/c19-11-7-9(3-4-12(11)20)21-16(27)10-8-13(26)22-15-14(10)17(28)24-18(23-15)25-5-1-2-6-25/h3-4,7,10H,1-2,5-6,8H2,(H,21,27)(H2,22,23,24,26,28)/t10-/m1/s1. The fourth-order valence-electron chi connectivity index (χ4n) is 3.47. The molecule has 0 aliphatic carbocycles. The molecule has 8 nitrogen and oxygen atoms in total. The Morgan fingerprint density at radius 1 is 1.29 bits per heavy atom. The molecule has 1 atom stereocenters. The zero-order valence-electron chi connectivity index (χ0n) is 14.7. The number of hydrogen-bond donors (Lipinski definition) is 3. The van der Waals surface area contributed by atoms with Gasteiger partial charge < -0.3 is 15.5 Å². The van der Waals surface area contributed by atoms with Gasteiger partial charge in [0, 0.05) is 25.2 Å². The van der Waals surface area contributed by atoms with Crippen molar-refractivity contribution in [3.8, 4) is 0 Å². The van der Waals surface area contributed by atoms with Gasteiger partial charge in [0.15, 0.2) is 0 Å². The third-order valence-corrected chi connectivity index (χ3v) is 5.14. The molecular weight excluding hydrogens is 389 g/mol. The number of nitrogens with one attached hydrogen (secondary N) is 3. The summed E-state index contributed by atoms with van der Waals surface area (Å²) >= 11 is 5.73. The Hall–Kier alpha value is -2.94. The van der Waals surface area contributed by atoms with E-state index in [0.717, 1.165) is 32.0 Å². The molecule has 2 aromatic rings. The van der Waals surface area contributed by atoms with Crippen LogP contribution in [-0.4, -0.2) is 34.9 Å². The van der Waals surface area contributed by atoms with Crippen LogP contribution in [0.5, 0.6) is 0 Å². The summed E-state index contributed by atoms with van der Waals surface area (Å²) in [6, 6.07) is 3.73. The summed E-state index contributed by atoms with van der Waals surface area (Å²) in [6.45, 7) is 1.54. The Bertz CT molecular complexity index is 1020. The maximum Gasteiger partial charge on any atom is 0.258 e. The van der Waals surface area contributed by atoms with Crippen molar-refractivity contribution in [3.05, 3.63) is 45.0 Å². The Morgan fingerprint density at radius 3 is 2.75 bits per heavy atom. The predicted molar refractivity (Wildman–Crippen MR) is 102 cm³/mol. The number of aromatic amines is 1. The molecule has 1 aromatic carbocycles. The Labute approximate surface area is 164 Å². The van der Waals surface area contributed by atoms with Gasteiger partial charge in [-0.2, -0.15) is 4.98 Å². The lowest BCUT2D eigenvalue weighted by atomic mass is 9.92. The number of aromatic nitrogens is 2. The second kappa shape index (κ2) is 7.23. The van der Waals surface area contributed by atoms with E-state index in [1.165, 1.54) is 12.1 Å². The molecule has 0 spiro atoms. The molecule has 0 bridgehead atoms. The molecule has 2 amide bonds. The molecule has 0 unspecified atom stereocenters. The summed E-state index contributed by atoms with van der Waals surface area (Å²) in [5, 5.41) is 5.02. The highest BCUT2D eigenvalue weighted by Gasteiger charge is 2.35. The molecule has 2 aliphatic heterocycles. The average Bonchev–Trinajstić information content (AvgIpc) is 3.18. The average molecular weight is 406 g/mol. The Morgan fingerprint density at radius 2 is 2.04 bits per heavy atom. The summed E-state index contributed by atoms with van der Waals surface area (Å²) in [4.78, 5) is 46.5. The second-order valence-corrected chi connectivity index (χ2v) is 7.18. The number of anilines is 3. The molecule has 0 saturated carbocycles. The van der Waals surface area contributed by atoms with Crippen molar-refractivity contribution in [2.24, 2.45) is 0 Å². The summed E-state index contributed by atoms with van der Waals surface area (Å²) in [5.41, 5.74) is -0.0977. The van der Waals surface area contributed by atoms with Crippen molar-refractivity contribution in [1.29, 1.82) is 0 Å². The molecule has 3 N–H and O–H groups in total. The van der Waals surface area contributed by atoms with E-state index in [4.69, 9.17) is 11.6 Å². The van der Waals surface area contributed by atoms with Gasteiger partial charge in [-0.25, -0.2) is 4.39 Å². The predicted octanol–water partition coefficient (Wildman–Crippen LogP) is 2.23. The monoisotopic (exact) mass is 405 g/mol. The molecule has 0 radical (unpaired) electrons. The van der Waals surface area contributed by atoms with E-state index in [1.54, 1.807) is 0 Å². The van der Waals surface area contributed by atoms with E-state index in [2.05, 4.69) is 20.6 Å². The van der Waals surface area contributed by atoms with Crippen LogP contribution in [0.2, 0.25) is 5.02 Å². The topological polar surface area (TPSA) is 107 Å². The minimum absolute atomic E-state index is 0.0965. The van der Waals surface area contributed by atoms with Gasteiger partial charge in [0.05, 0.1) is 16.5 Å². The molecule has 28 heavy (non-hydrogen) atoms. The number of carbonyl (C=O) groups excluding carboxylic acids is 2. The smallest absolute Gasteiger partial charge is 0.258 e. The first-order valence-corrected chi connectivity index (χ1v) is 9.25. The first-order chi connectivity index (χ1) is 13.4. The lowest BCUT2D eigenvalue weighted by molar-refractivity contribution is -0.123. The van der Waals surface area contributed by atoms with Crippen molar-refractivity contribution >= 4 is 40.9 Å². The fraction of sp³-hybridized carbons (Fsp3) is 0.333. The molecule has 1 fully saturated rings. The normalized spacial score (nSPS) is 18.6. The van der Waals surface area contributed by atoms with Crippen LogP contribution in [0.25, 0.3) is 0 Å². The van der Waals surface area contributed by atoms with Crippen LogP contribution in [0.1, 0.15) is 30.7 Å². The minimum Gasteiger partial charge on any atom is -0.342 e. The van der Waals surface area contributed by atoms with E-state index >= 15 is 0 Å². The van der Waals surface area contributed by atoms with Crippen molar-refractivity contribution in [2.45, 2.75) is 25.2 Å². The highest BCUT2D eigenvalue weighted by atomic mass is 35.5. The molecular formula is C18H17ClFN5O3. The number of amides is 2. The van der Waals surface area contributed by atoms with Crippen LogP contribution >= 0.6 is 11.6 Å². The zero-order valence-corrected chi connectivity index (χ0v) is 15.5. The number of halogens is 2. The number of benzene rings is 1. The molecule has 146 valence electrons. The summed E-state index contributed by atoms with van der Waals surface area (Å²) in [7, 11) is 0.